The molecule has 1 rings (SSSR count). The first-order valence-corrected chi connectivity index (χ1v) is 6.33. The second kappa shape index (κ2) is 5.74. The number of hydrogen-bond acceptors (Lipinski definition) is 3. The normalized spacial score (nSPS) is 13.5. The first-order valence-electron chi connectivity index (χ1n) is 5.42. The van der Waals surface area contributed by atoms with Crippen LogP contribution in [0, 0.1) is 5.41 Å². The van der Waals surface area contributed by atoms with Gasteiger partial charge < -0.3 is 10.3 Å². The van der Waals surface area contributed by atoms with Gasteiger partial charge in [-0.3, -0.25) is 4.79 Å². The van der Waals surface area contributed by atoms with Crippen LogP contribution in [0.4, 0.5) is 5.82 Å². The zero-order chi connectivity index (χ0) is 13.1. The van der Waals surface area contributed by atoms with Crippen molar-refractivity contribution < 1.29 is 0 Å². The van der Waals surface area contributed by atoms with Gasteiger partial charge in [-0.2, -0.15) is 0 Å². The summed E-state index contributed by atoms with van der Waals surface area (Å²) in [4.78, 5) is 17.8. The van der Waals surface area contributed by atoms with E-state index < -0.39 is 0 Å². The molecule has 0 aliphatic heterocycles. The van der Waals surface area contributed by atoms with Gasteiger partial charge in [0, 0.05) is 11.9 Å². The van der Waals surface area contributed by atoms with Gasteiger partial charge in [0.25, 0.3) is 5.56 Å². The number of halogens is 2. The molecule has 0 amide bonds. The van der Waals surface area contributed by atoms with Crippen molar-refractivity contribution >= 4 is 29.0 Å². The molecule has 0 saturated heterocycles. The fourth-order valence-corrected chi connectivity index (χ4v) is 1.86. The summed E-state index contributed by atoms with van der Waals surface area (Å²) in [5.74, 6) is 0.941. The first kappa shape index (κ1) is 14.3. The van der Waals surface area contributed by atoms with Gasteiger partial charge in [0.1, 0.15) is 5.02 Å². The molecular formula is C11H17Cl2N3O. The maximum atomic E-state index is 11.3. The number of aromatic nitrogens is 2. The van der Waals surface area contributed by atoms with E-state index in [2.05, 4.69) is 36.1 Å². The Labute approximate surface area is 111 Å². The quantitative estimate of drug-likeness (QED) is 0.832. The first-order chi connectivity index (χ1) is 7.86. The Hall–Kier alpha value is -0.740. The minimum atomic E-state index is -0.345. The number of nitrogens with one attached hydrogen (secondary N) is 2. The van der Waals surface area contributed by atoms with Crippen molar-refractivity contribution in [2.24, 2.45) is 5.41 Å². The molecule has 1 atom stereocenters. The molecule has 0 aliphatic carbocycles. The molecule has 0 bridgehead atoms. The predicted molar refractivity (Wildman–Crippen MR) is 72.1 cm³/mol. The lowest BCUT2D eigenvalue weighted by molar-refractivity contribution is 0.334. The maximum absolute atomic E-state index is 11.3. The summed E-state index contributed by atoms with van der Waals surface area (Å²) in [6, 6.07) is 0.104. The van der Waals surface area contributed by atoms with Crippen LogP contribution in [0.3, 0.4) is 0 Å². The van der Waals surface area contributed by atoms with E-state index in [1.165, 1.54) is 6.33 Å². The maximum Gasteiger partial charge on any atom is 0.271 e. The molecule has 4 nitrogen and oxygen atoms in total. The zero-order valence-corrected chi connectivity index (χ0v) is 11.7. The molecule has 1 aromatic heterocycles. The molecular weight excluding hydrogens is 261 g/mol. The van der Waals surface area contributed by atoms with Gasteiger partial charge in [0.15, 0.2) is 5.82 Å². The third-order valence-electron chi connectivity index (χ3n) is 2.55. The summed E-state index contributed by atoms with van der Waals surface area (Å²) in [6.45, 7) is 6.29. The minimum Gasteiger partial charge on any atom is -0.365 e. The Morgan fingerprint density at radius 3 is 2.71 bits per heavy atom. The van der Waals surface area contributed by atoms with E-state index in [1.807, 2.05) is 0 Å². The monoisotopic (exact) mass is 277 g/mol. The highest BCUT2D eigenvalue weighted by Gasteiger charge is 2.25. The number of aromatic amines is 1. The molecule has 1 heterocycles. The van der Waals surface area contributed by atoms with Crippen molar-refractivity contribution in [2.45, 2.75) is 33.2 Å². The number of hydrogen-bond donors (Lipinski definition) is 2. The summed E-state index contributed by atoms with van der Waals surface area (Å²) in [7, 11) is 0. The van der Waals surface area contributed by atoms with Crippen LogP contribution in [0.25, 0.3) is 0 Å². The third-order valence-corrected chi connectivity index (χ3v) is 3.12. The van der Waals surface area contributed by atoms with Gasteiger partial charge in [-0.05, 0) is 11.8 Å². The summed E-state index contributed by atoms with van der Waals surface area (Å²) >= 11 is 11.7. The topological polar surface area (TPSA) is 57.8 Å². The fraction of sp³-hybridized carbons (Fsp3) is 0.636. The van der Waals surface area contributed by atoms with Crippen LogP contribution in [0.2, 0.25) is 5.02 Å². The van der Waals surface area contributed by atoms with Gasteiger partial charge in [-0.25, -0.2) is 4.98 Å². The zero-order valence-electron chi connectivity index (χ0n) is 10.2. The second-order valence-corrected chi connectivity index (χ2v) is 5.69. The highest BCUT2D eigenvalue weighted by molar-refractivity contribution is 6.32. The second-order valence-electron chi connectivity index (χ2n) is 4.93. The molecule has 2 N–H and O–H groups in total. The Bertz CT molecular complexity index is 425. The lowest BCUT2D eigenvalue weighted by Crippen LogP contribution is -2.35. The average molecular weight is 278 g/mol. The molecule has 0 radical (unpaired) electrons. The van der Waals surface area contributed by atoms with Crippen LogP contribution in [0.15, 0.2) is 11.1 Å². The van der Waals surface area contributed by atoms with Crippen LogP contribution < -0.4 is 10.9 Å². The highest BCUT2D eigenvalue weighted by atomic mass is 35.5. The van der Waals surface area contributed by atoms with Crippen LogP contribution in [0.5, 0.6) is 0 Å². The molecule has 0 aliphatic rings. The van der Waals surface area contributed by atoms with Crippen molar-refractivity contribution in [3.8, 4) is 0 Å². The number of anilines is 1. The van der Waals surface area contributed by atoms with E-state index in [4.69, 9.17) is 23.2 Å². The smallest absolute Gasteiger partial charge is 0.271 e. The van der Waals surface area contributed by atoms with Crippen molar-refractivity contribution in [1.29, 1.82) is 0 Å². The van der Waals surface area contributed by atoms with Crippen molar-refractivity contribution in [3.05, 3.63) is 21.7 Å². The van der Waals surface area contributed by atoms with E-state index in [9.17, 15) is 4.79 Å². The third kappa shape index (κ3) is 3.89. The molecule has 17 heavy (non-hydrogen) atoms. The average Bonchev–Trinajstić information content (AvgIpc) is 2.22. The summed E-state index contributed by atoms with van der Waals surface area (Å²) in [6.07, 6.45) is 2.10. The molecule has 6 heteroatoms. The highest BCUT2D eigenvalue weighted by Crippen LogP contribution is 2.26. The van der Waals surface area contributed by atoms with Gasteiger partial charge in [0.05, 0.1) is 6.33 Å². The van der Waals surface area contributed by atoms with Gasteiger partial charge in [-0.15, -0.1) is 11.6 Å². The Morgan fingerprint density at radius 1 is 1.53 bits per heavy atom. The predicted octanol–water partition coefficient (Wildman–Crippen LogP) is 2.88. The molecule has 0 fully saturated rings. The lowest BCUT2D eigenvalue weighted by atomic mass is 9.85. The van der Waals surface area contributed by atoms with Crippen LogP contribution >= 0.6 is 23.2 Å². The van der Waals surface area contributed by atoms with Gasteiger partial charge in [0.2, 0.25) is 0 Å². The largest absolute Gasteiger partial charge is 0.365 e. The van der Waals surface area contributed by atoms with E-state index in [0.717, 1.165) is 6.42 Å². The molecule has 0 spiro atoms. The van der Waals surface area contributed by atoms with E-state index in [-0.39, 0.29) is 22.0 Å². The van der Waals surface area contributed by atoms with Gasteiger partial charge in [-0.1, -0.05) is 32.4 Å². The number of alkyl halides is 1. The van der Waals surface area contributed by atoms with E-state index in [0.29, 0.717) is 11.7 Å². The molecule has 1 aromatic rings. The Morgan fingerprint density at radius 2 is 2.18 bits per heavy atom. The molecule has 0 saturated carbocycles. The van der Waals surface area contributed by atoms with Crippen LogP contribution in [0.1, 0.15) is 27.2 Å². The Kier molecular flexibility index (Phi) is 4.83. The minimum absolute atomic E-state index is 0.00248. The molecule has 0 aromatic carbocycles. The SMILES string of the molecule is CC(C)(C)C(CCCl)Nc1nc[nH]c(=O)c1Cl. The summed E-state index contributed by atoms with van der Waals surface area (Å²) < 4.78 is 0. The van der Waals surface area contributed by atoms with E-state index >= 15 is 0 Å². The Balaban J connectivity index is 2.94. The van der Waals surface area contributed by atoms with Crippen molar-refractivity contribution in [3.63, 3.8) is 0 Å². The number of rotatable bonds is 4. The number of H-pyrrole nitrogens is 1. The lowest BCUT2D eigenvalue weighted by Gasteiger charge is -2.31. The van der Waals surface area contributed by atoms with E-state index in [1.54, 1.807) is 0 Å². The number of nitrogens with zero attached hydrogens (tertiary/aromatic N) is 1. The fourth-order valence-electron chi connectivity index (χ4n) is 1.48. The van der Waals surface area contributed by atoms with Crippen LogP contribution in [-0.2, 0) is 0 Å². The molecule has 1 unspecified atom stereocenters. The van der Waals surface area contributed by atoms with Crippen LogP contribution in [-0.4, -0.2) is 21.9 Å². The molecule has 96 valence electrons. The summed E-state index contributed by atoms with van der Waals surface area (Å²) in [5.41, 5.74) is -0.342. The van der Waals surface area contributed by atoms with Crippen molar-refractivity contribution in [1.82, 2.24) is 9.97 Å². The van der Waals surface area contributed by atoms with Crippen molar-refractivity contribution in [2.75, 3.05) is 11.2 Å². The summed E-state index contributed by atoms with van der Waals surface area (Å²) in [5, 5.41) is 3.26. The van der Waals surface area contributed by atoms with Gasteiger partial charge >= 0.3 is 0 Å². The standard InChI is InChI=1S/C11H17Cl2N3O/c1-11(2,3)7(4-5-12)16-9-8(13)10(17)15-6-14-9/h6-7H,4-5H2,1-3H3,(H2,14,15,16,17).